The molecule has 9 nitrogen and oxygen atoms in total. The quantitative estimate of drug-likeness (QED) is 0.173. The highest BCUT2D eigenvalue weighted by Crippen LogP contribution is 2.40. The van der Waals surface area contributed by atoms with Gasteiger partial charge in [-0.15, -0.1) is 17.9 Å². The van der Waals surface area contributed by atoms with Gasteiger partial charge in [-0.05, 0) is 87.1 Å². The Morgan fingerprint density at radius 1 is 1.16 bits per heavy atom. The monoisotopic (exact) mass is 678 g/mol. The van der Waals surface area contributed by atoms with Crippen molar-refractivity contribution in [3.8, 4) is 0 Å². The summed E-state index contributed by atoms with van der Waals surface area (Å²) in [7, 11) is -4.27. The lowest BCUT2D eigenvalue weighted by molar-refractivity contribution is -0.123. The molecule has 44 heavy (non-hydrogen) atoms. The zero-order valence-electron chi connectivity index (χ0n) is 24.4. The van der Waals surface area contributed by atoms with Crippen LogP contribution in [-0.4, -0.2) is 45.5 Å². The van der Waals surface area contributed by atoms with E-state index in [4.69, 9.17) is 32.7 Å². The molecule has 1 N–H and O–H groups in total. The van der Waals surface area contributed by atoms with Crippen LogP contribution in [0, 0.1) is 5.92 Å². The first-order valence-corrected chi connectivity index (χ1v) is 16.9. The Labute approximate surface area is 270 Å². The summed E-state index contributed by atoms with van der Waals surface area (Å²) < 4.78 is 39.1. The largest absolute Gasteiger partial charge is 0.462 e. The van der Waals surface area contributed by atoms with Gasteiger partial charge in [0.15, 0.2) is 6.10 Å². The van der Waals surface area contributed by atoms with Gasteiger partial charge in [0.2, 0.25) is 0 Å². The van der Waals surface area contributed by atoms with Gasteiger partial charge in [-0.1, -0.05) is 36.2 Å². The maximum Gasteiger partial charge on any atom is 0.341 e. The first-order valence-electron chi connectivity index (χ1n) is 13.9. The van der Waals surface area contributed by atoms with Crippen molar-refractivity contribution < 1.29 is 32.3 Å². The third kappa shape index (κ3) is 7.28. The van der Waals surface area contributed by atoms with Crippen molar-refractivity contribution in [1.82, 2.24) is 0 Å². The Morgan fingerprint density at radius 2 is 1.86 bits per heavy atom. The number of halogens is 2. The first-order chi connectivity index (χ1) is 20.9. The molecule has 0 unspecified atom stereocenters. The molecule has 0 spiro atoms. The van der Waals surface area contributed by atoms with Crippen molar-refractivity contribution in [2.45, 2.75) is 51.0 Å². The number of hydrogen-bond donors (Lipinski definition) is 1. The molecule has 1 amide bonds. The average Bonchev–Trinajstić information content (AvgIpc) is 3.33. The normalized spacial score (nSPS) is 15.1. The Hall–Kier alpha value is -3.38. The number of amides is 1. The number of ether oxygens (including phenoxy) is 2. The molecular weight excluding hydrogens is 647 g/mol. The molecule has 3 aromatic rings. The van der Waals surface area contributed by atoms with E-state index < -0.39 is 34.0 Å². The van der Waals surface area contributed by atoms with Gasteiger partial charge in [0.05, 0.1) is 35.0 Å². The fraction of sp³-hybridized carbons (Fsp3) is 0.323. The molecule has 0 fully saturated rings. The fourth-order valence-corrected chi connectivity index (χ4v) is 8.23. The number of fused-ring (bicyclic) bond motifs is 1. The van der Waals surface area contributed by atoms with Gasteiger partial charge >= 0.3 is 11.9 Å². The number of thiophene rings is 1. The summed E-state index contributed by atoms with van der Waals surface area (Å²) in [5.41, 5.74) is 1.40. The zero-order valence-corrected chi connectivity index (χ0v) is 27.5. The second-order valence-electron chi connectivity index (χ2n) is 10.3. The lowest BCUT2D eigenvalue weighted by Gasteiger charge is -2.24. The van der Waals surface area contributed by atoms with Crippen LogP contribution in [0.2, 0.25) is 10.0 Å². The highest BCUT2D eigenvalue weighted by molar-refractivity contribution is 7.93. The molecule has 1 aliphatic rings. The Kier molecular flexibility index (Phi) is 10.8. The van der Waals surface area contributed by atoms with E-state index >= 15 is 0 Å². The molecule has 4 rings (SSSR count). The van der Waals surface area contributed by atoms with Gasteiger partial charge < -0.3 is 14.8 Å². The van der Waals surface area contributed by atoms with Crippen molar-refractivity contribution >= 4 is 73.1 Å². The van der Waals surface area contributed by atoms with E-state index in [1.54, 1.807) is 19.1 Å². The van der Waals surface area contributed by atoms with Gasteiger partial charge in [-0.25, -0.2) is 18.0 Å². The van der Waals surface area contributed by atoms with Gasteiger partial charge in [0, 0.05) is 9.90 Å². The lowest BCUT2D eigenvalue weighted by Crippen LogP contribution is -2.32. The minimum absolute atomic E-state index is 0.0784. The van der Waals surface area contributed by atoms with Crippen LogP contribution in [0.1, 0.15) is 58.3 Å². The molecule has 1 aromatic heterocycles. The van der Waals surface area contributed by atoms with E-state index in [1.165, 1.54) is 48.6 Å². The van der Waals surface area contributed by atoms with Crippen LogP contribution in [0.4, 0.5) is 10.7 Å². The number of carbonyl (C=O) groups excluding carboxylic acids is 3. The highest BCUT2D eigenvalue weighted by Gasteiger charge is 2.31. The predicted octanol–water partition coefficient (Wildman–Crippen LogP) is 6.92. The molecule has 0 aliphatic heterocycles. The molecule has 2 aromatic carbocycles. The van der Waals surface area contributed by atoms with E-state index in [0.717, 1.165) is 33.7 Å². The third-order valence-electron chi connectivity index (χ3n) is 7.03. The minimum atomic E-state index is -4.27. The summed E-state index contributed by atoms with van der Waals surface area (Å²) in [5, 5.41) is 3.39. The van der Waals surface area contributed by atoms with Crippen molar-refractivity contribution in [3.63, 3.8) is 0 Å². The predicted molar refractivity (Wildman–Crippen MR) is 173 cm³/mol. The van der Waals surface area contributed by atoms with Crippen LogP contribution in [-0.2, 0) is 37.1 Å². The second-order valence-corrected chi connectivity index (χ2v) is 14.0. The third-order valence-corrected chi connectivity index (χ3v) is 10.7. The topological polar surface area (TPSA) is 119 Å². The van der Waals surface area contributed by atoms with Gasteiger partial charge in [0.25, 0.3) is 15.9 Å². The van der Waals surface area contributed by atoms with Crippen LogP contribution < -0.4 is 9.62 Å². The molecular formula is C31H32Cl2N2O7S2. The number of nitrogens with zero attached hydrogens (tertiary/aromatic N) is 1. The molecule has 1 heterocycles. The molecule has 0 bridgehead atoms. The summed E-state index contributed by atoms with van der Waals surface area (Å²) >= 11 is 13.6. The smallest absolute Gasteiger partial charge is 0.341 e. The Balaban J connectivity index is 1.55. The van der Waals surface area contributed by atoms with E-state index in [0.29, 0.717) is 33.6 Å². The number of esters is 2. The summed E-state index contributed by atoms with van der Waals surface area (Å²) in [6.45, 7) is 8.97. The Morgan fingerprint density at radius 3 is 2.52 bits per heavy atom. The van der Waals surface area contributed by atoms with Crippen molar-refractivity contribution in [3.05, 3.63) is 86.7 Å². The van der Waals surface area contributed by atoms with Crippen LogP contribution in [0.15, 0.2) is 60.0 Å². The molecule has 2 atom stereocenters. The van der Waals surface area contributed by atoms with Crippen LogP contribution in [0.3, 0.4) is 0 Å². The number of anilines is 2. The van der Waals surface area contributed by atoms with Crippen LogP contribution in [0.5, 0.6) is 0 Å². The summed E-state index contributed by atoms with van der Waals surface area (Å²) in [6.07, 6.45) is 2.54. The number of hydrogen-bond acceptors (Lipinski definition) is 8. The number of nitrogens with one attached hydrogen (secondary N) is 1. The van der Waals surface area contributed by atoms with Gasteiger partial charge in [0.1, 0.15) is 9.90 Å². The molecule has 13 heteroatoms. The summed E-state index contributed by atoms with van der Waals surface area (Å²) in [6, 6.07) is 9.84. The van der Waals surface area contributed by atoms with Crippen molar-refractivity contribution in [2.75, 3.05) is 22.8 Å². The van der Waals surface area contributed by atoms with E-state index in [9.17, 15) is 22.8 Å². The van der Waals surface area contributed by atoms with Crippen molar-refractivity contribution in [2.24, 2.45) is 5.92 Å². The number of carbonyl (C=O) groups is 3. The highest BCUT2D eigenvalue weighted by atomic mass is 35.5. The standard InChI is InChI=1S/C31H32Cl2N2O7S2/c1-5-15-35(22-11-9-21(32)10-12-22)44(39,40)26-17-20(8-14-24(26)33)30(37)42-19(4)28(36)34-29-27(31(38)41-6-2)23-13-7-18(3)16-25(23)43-29/h5,8-12,14,17-19H,1,6-7,13,15-16H2,2-4H3,(H,34,36)/t18-,19+/m1/s1. The number of benzene rings is 2. The first kappa shape index (κ1) is 33.5. The van der Waals surface area contributed by atoms with Crippen LogP contribution >= 0.6 is 34.5 Å². The maximum atomic E-state index is 13.7. The fourth-order valence-electron chi connectivity index (χ4n) is 4.77. The van der Waals surface area contributed by atoms with E-state index in [2.05, 4.69) is 18.8 Å². The Bertz CT molecular complexity index is 1690. The molecule has 0 saturated heterocycles. The van der Waals surface area contributed by atoms with Gasteiger partial charge in [-0.2, -0.15) is 0 Å². The van der Waals surface area contributed by atoms with E-state index in [-0.39, 0.29) is 28.6 Å². The SMILES string of the molecule is C=CCN(c1ccc(Cl)cc1)S(=O)(=O)c1cc(C(=O)O[C@@H](C)C(=O)Nc2sc3c(c2C(=O)OCC)CC[C@@H](C)C3)ccc1Cl. The average molecular weight is 680 g/mol. The zero-order chi connectivity index (χ0) is 32.2. The molecule has 234 valence electrons. The number of rotatable bonds is 11. The molecule has 0 radical (unpaired) electrons. The van der Waals surface area contributed by atoms with E-state index in [1.807, 2.05) is 0 Å². The molecule has 1 aliphatic carbocycles. The van der Waals surface area contributed by atoms with Crippen molar-refractivity contribution in [1.29, 1.82) is 0 Å². The summed E-state index contributed by atoms with van der Waals surface area (Å²) in [5.74, 6) is -1.66. The summed E-state index contributed by atoms with van der Waals surface area (Å²) in [4.78, 5) is 39.7. The molecule has 0 saturated carbocycles. The lowest BCUT2D eigenvalue weighted by atomic mass is 9.88. The van der Waals surface area contributed by atoms with Gasteiger partial charge in [-0.3, -0.25) is 9.10 Å². The second kappa shape index (κ2) is 14.2. The van der Waals surface area contributed by atoms with Crippen LogP contribution in [0.25, 0.3) is 0 Å². The minimum Gasteiger partial charge on any atom is -0.462 e. The number of sulfonamides is 1. The maximum absolute atomic E-state index is 13.7.